The second-order valence-electron chi connectivity index (χ2n) is 2.68. The summed E-state index contributed by atoms with van der Waals surface area (Å²) in [7, 11) is 0. The average Bonchev–Trinajstić information content (AvgIpc) is 2.19. The van der Waals surface area contributed by atoms with E-state index < -0.39 is 0 Å². The molecule has 14 heavy (non-hydrogen) atoms. The highest BCUT2D eigenvalue weighted by atomic mass is 32.2. The number of ether oxygens (including phenoxy) is 1. The van der Waals surface area contributed by atoms with E-state index >= 15 is 0 Å². The summed E-state index contributed by atoms with van der Waals surface area (Å²) in [5.74, 6) is -0.192. The Balaban J connectivity index is 2.49. The molecule has 4 heteroatoms. The van der Waals surface area contributed by atoms with Gasteiger partial charge in [-0.15, -0.1) is 0 Å². The fraction of sp³-hybridized carbons (Fsp3) is 0.400. The van der Waals surface area contributed by atoms with Crippen molar-refractivity contribution >= 4 is 17.7 Å². The van der Waals surface area contributed by atoms with Crippen LogP contribution in [0.15, 0.2) is 29.4 Å². The Morgan fingerprint density at radius 1 is 1.64 bits per heavy atom. The van der Waals surface area contributed by atoms with E-state index in [4.69, 9.17) is 4.74 Å². The first-order chi connectivity index (χ1) is 6.74. The molecular weight excluding hydrogens is 198 g/mol. The highest BCUT2D eigenvalue weighted by molar-refractivity contribution is 8.00. The second-order valence-corrected chi connectivity index (χ2v) is 4.04. The van der Waals surface area contributed by atoms with Crippen LogP contribution in [0, 0.1) is 0 Å². The lowest BCUT2D eigenvalue weighted by atomic mass is 10.5. The van der Waals surface area contributed by atoms with E-state index in [1.807, 2.05) is 25.1 Å². The van der Waals surface area contributed by atoms with Crippen molar-refractivity contribution in [1.29, 1.82) is 0 Å². The minimum Gasteiger partial charge on any atom is -0.465 e. The number of nitrogens with zero attached hydrogens (tertiary/aromatic N) is 1. The highest BCUT2D eigenvalue weighted by Gasteiger charge is 2.15. The van der Waals surface area contributed by atoms with E-state index in [1.54, 1.807) is 13.1 Å². The minimum absolute atomic E-state index is 0.192. The monoisotopic (exact) mass is 211 g/mol. The quantitative estimate of drug-likeness (QED) is 0.565. The van der Waals surface area contributed by atoms with Gasteiger partial charge in [0.2, 0.25) is 0 Å². The number of esters is 1. The van der Waals surface area contributed by atoms with Gasteiger partial charge in [-0.1, -0.05) is 17.8 Å². The number of hydrogen-bond acceptors (Lipinski definition) is 4. The Bertz CT molecular complexity index is 289. The molecule has 0 aliphatic rings. The first-order valence-electron chi connectivity index (χ1n) is 4.48. The fourth-order valence-electron chi connectivity index (χ4n) is 0.906. The zero-order chi connectivity index (χ0) is 10.4. The van der Waals surface area contributed by atoms with Gasteiger partial charge >= 0.3 is 5.97 Å². The van der Waals surface area contributed by atoms with Gasteiger partial charge in [0.25, 0.3) is 0 Å². The van der Waals surface area contributed by atoms with Gasteiger partial charge in [0.05, 0.1) is 11.6 Å². The second kappa shape index (κ2) is 5.65. The van der Waals surface area contributed by atoms with Crippen LogP contribution in [-0.4, -0.2) is 22.8 Å². The largest absolute Gasteiger partial charge is 0.465 e. The van der Waals surface area contributed by atoms with Crippen molar-refractivity contribution in [2.75, 3.05) is 6.61 Å². The molecule has 1 rings (SSSR count). The molecule has 0 N–H and O–H groups in total. The van der Waals surface area contributed by atoms with E-state index in [2.05, 4.69) is 4.98 Å². The lowest BCUT2D eigenvalue weighted by molar-refractivity contribution is -0.142. The number of thioether (sulfide) groups is 1. The van der Waals surface area contributed by atoms with Gasteiger partial charge in [0.15, 0.2) is 0 Å². The zero-order valence-corrected chi connectivity index (χ0v) is 9.08. The first-order valence-corrected chi connectivity index (χ1v) is 5.36. The molecule has 0 spiro atoms. The van der Waals surface area contributed by atoms with Crippen molar-refractivity contribution < 1.29 is 9.53 Å². The summed E-state index contributed by atoms with van der Waals surface area (Å²) in [4.78, 5) is 15.4. The standard InChI is InChI=1S/C10H13NO2S/c1-3-13-10(12)8(2)14-9-6-4-5-7-11-9/h4-8H,3H2,1-2H3. The Hall–Kier alpha value is -1.03. The zero-order valence-electron chi connectivity index (χ0n) is 8.27. The van der Waals surface area contributed by atoms with E-state index in [0.717, 1.165) is 5.03 Å². The Labute approximate surface area is 87.9 Å². The number of pyridine rings is 1. The molecule has 0 aliphatic carbocycles. The van der Waals surface area contributed by atoms with E-state index in [9.17, 15) is 4.79 Å². The molecule has 0 fully saturated rings. The summed E-state index contributed by atoms with van der Waals surface area (Å²) in [6, 6.07) is 5.62. The minimum atomic E-state index is -0.204. The molecule has 1 atom stereocenters. The molecule has 3 nitrogen and oxygen atoms in total. The molecule has 0 saturated heterocycles. The Morgan fingerprint density at radius 3 is 3.00 bits per heavy atom. The van der Waals surface area contributed by atoms with Crippen LogP contribution in [0.2, 0.25) is 0 Å². The van der Waals surface area contributed by atoms with Gasteiger partial charge in [0.1, 0.15) is 5.25 Å². The molecule has 0 amide bonds. The maximum absolute atomic E-state index is 11.3. The molecule has 0 saturated carbocycles. The maximum atomic E-state index is 11.3. The highest BCUT2D eigenvalue weighted by Crippen LogP contribution is 2.20. The molecular formula is C10H13NO2S. The van der Waals surface area contributed by atoms with Crippen molar-refractivity contribution in [3.63, 3.8) is 0 Å². The molecule has 0 aliphatic heterocycles. The van der Waals surface area contributed by atoms with Gasteiger partial charge in [-0.2, -0.15) is 0 Å². The van der Waals surface area contributed by atoms with Crippen LogP contribution in [0.5, 0.6) is 0 Å². The lowest BCUT2D eigenvalue weighted by Crippen LogP contribution is -2.16. The topological polar surface area (TPSA) is 39.2 Å². The van der Waals surface area contributed by atoms with E-state index in [0.29, 0.717) is 6.61 Å². The summed E-state index contributed by atoms with van der Waals surface area (Å²) in [6.45, 7) is 4.04. The summed E-state index contributed by atoms with van der Waals surface area (Å²) in [6.07, 6.45) is 1.71. The molecule has 1 unspecified atom stereocenters. The summed E-state index contributed by atoms with van der Waals surface area (Å²) in [5.41, 5.74) is 0. The van der Waals surface area contributed by atoms with Gasteiger partial charge in [-0.25, -0.2) is 4.98 Å². The summed E-state index contributed by atoms with van der Waals surface area (Å²) < 4.78 is 4.89. The van der Waals surface area contributed by atoms with Gasteiger partial charge < -0.3 is 4.74 Å². The van der Waals surface area contributed by atoms with Crippen molar-refractivity contribution in [3.8, 4) is 0 Å². The molecule has 0 aromatic carbocycles. The van der Waals surface area contributed by atoms with E-state index in [1.165, 1.54) is 11.8 Å². The molecule has 76 valence electrons. The van der Waals surface area contributed by atoms with Crippen LogP contribution in [0.3, 0.4) is 0 Å². The average molecular weight is 211 g/mol. The Kier molecular flexibility index (Phi) is 4.46. The van der Waals surface area contributed by atoms with Crippen LogP contribution in [-0.2, 0) is 9.53 Å². The molecule has 0 bridgehead atoms. The van der Waals surface area contributed by atoms with E-state index in [-0.39, 0.29) is 11.2 Å². The number of carbonyl (C=O) groups excluding carboxylic acids is 1. The SMILES string of the molecule is CCOC(=O)C(C)Sc1ccccn1. The maximum Gasteiger partial charge on any atom is 0.319 e. The smallest absolute Gasteiger partial charge is 0.319 e. The number of rotatable bonds is 4. The van der Waals surface area contributed by atoms with Crippen molar-refractivity contribution in [1.82, 2.24) is 4.98 Å². The molecule has 0 radical (unpaired) electrons. The van der Waals surface area contributed by atoms with Crippen LogP contribution in [0.4, 0.5) is 0 Å². The van der Waals surface area contributed by atoms with Gasteiger partial charge in [0, 0.05) is 6.20 Å². The summed E-state index contributed by atoms with van der Waals surface area (Å²) >= 11 is 1.41. The number of aromatic nitrogens is 1. The number of carbonyl (C=O) groups is 1. The summed E-state index contributed by atoms with van der Waals surface area (Å²) in [5, 5.41) is 0.637. The molecule has 1 aromatic heterocycles. The predicted octanol–water partition coefficient (Wildman–Crippen LogP) is 2.13. The third kappa shape index (κ3) is 3.38. The normalized spacial score (nSPS) is 12.1. The van der Waals surface area contributed by atoms with Gasteiger partial charge in [-0.3, -0.25) is 4.79 Å². The number of hydrogen-bond donors (Lipinski definition) is 0. The van der Waals surface area contributed by atoms with Crippen LogP contribution in [0.25, 0.3) is 0 Å². The fourth-order valence-corrected chi connectivity index (χ4v) is 1.71. The predicted molar refractivity (Wildman–Crippen MR) is 56.2 cm³/mol. The first kappa shape index (κ1) is 11.0. The van der Waals surface area contributed by atoms with Crippen molar-refractivity contribution in [2.45, 2.75) is 24.1 Å². The van der Waals surface area contributed by atoms with Crippen LogP contribution >= 0.6 is 11.8 Å². The van der Waals surface area contributed by atoms with Crippen molar-refractivity contribution in [2.24, 2.45) is 0 Å². The molecule has 1 aromatic rings. The molecule has 1 heterocycles. The third-order valence-electron chi connectivity index (χ3n) is 1.55. The van der Waals surface area contributed by atoms with Crippen molar-refractivity contribution in [3.05, 3.63) is 24.4 Å². The van der Waals surface area contributed by atoms with Crippen LogP contribution < -0.4 is 0 Å². The van der Waals surface area contributed by atoms with Crippen LogP contribution in [0.1, 0.15) is 13.8 Å². The lowest BCUT2D eigenvalue weighted by Gasteiger charge is -2.08. The van der Waals surface area contributed by atoms with Gasteiger partial charge in [-0.05, 0) is 26.0 Å². The third-order valence-corrected chi connectivity index (χ3v) is 2.58. The Morgan fingerprint density at radius 2 is 2.43 bits per heavy atom.